The van der Waals surface area contributed by atoms with Gasteiger partial charge < -0.3 is 10.1 Å². The maximum absolute atomic E-state index is 13.7. The summed E-state index contributed by atoms with van der Waals surface area (Å²) in [4.78, 5) is 10.7. The Balaban J connectivity index is 1.66. The summed E-state index contributed by atoms with van der Waals surface area (Å²) in [6.45, 7) is 0. The Hall–Kier alpha value is -3.64. The van der Waals surface area contributed by atoms with E-state index in [1.165, 1.54) is 23.9 Å². The molecule has 5 aromatic rings. The number of methoxy groups -OCH3 is 1. The van der Waals surface area contributed by atoms with Gasteiger partial charge in [-0.25, -0.2) is 14.4 Å². The topological polar surface area (TPSA) is 47.0 Å². The fraction of sp³-hybridized carbons (Fsp3) is 0.0400. The number of nitrogens with zero attached hydrogens (tertiary/aromatic N) is 2. The number of fused-ring (bicyclic) bond motifs is 2. The fourth-order valence-electron chi connectivity index (χ4n) is 3.39. The average molecular weight is 428 g/mol. The van der Waals surface area contributed by atoms with Crippen molar-refractivity contribution in [2.24, 2.45) is 0 Å². The zero-order valence-corrected chi connectivity index (χ0v) is 17.5. The minimum atomic E-state index is -0.316. The third kappa shape index (κ3) is 4.02. The maximum Gasteiger partial charge on any atom is 0.164 e. The van der Waals surface area contributed by atoms with Crippen molar-refractivity contribution in [3.8, 4) is 5.75 Å². The Morgan fingerprint density at radius 1 is 0.806 bits per heavy atom. The van der Waals surface area contributed by atoms with Crippen molar-refractivity contribution in [3.05, 3.63) is 90.7 Å². The molecule has 0 saturated carbocycles. The number of hydrogen-bond acceptors (Lipinski definition) is 5. The molecule has 1 N–H and O–H groups in total. The van der Waals surface area contributed by atoms with Gasteiger partial charge in [0.25, 0.3) is 0 Å². The van der Waals surface area contributed by atoms with Crippen LogP contribution in [0, 0.1) is 5.82 Å². The van der Waals surface area contributed by atoms with Crippen molar-refractivity contribution in [2.45, 2.75) is 9.92 Å². The maximum atomic E-state index is 13.7. The molecule has 0 atom stereocenters. The Kier molecular flexibility index (Phi) is 5.14. The number of hydrogen-bond donors (Lipinski definition) is 1. The molecule has 0 unspecified atom stereocenters. The SMILES string of the molecule is COc1ccccc1Sc1nc2cc3ccccc3cc2nc1Nc1cccc(F)c1. The largest absolute Gasteiger partial charge is 0.496 e. The number of aromatic nitrogens is 2. The summed E-state index contributed by atoms with van der Waals surface area (Å²) in [6.07, 6.45) is 0. The van der Waals surface area contributed by atoms with Gasteiger partial charge in [-0.1, -0.05) is 54.2 Å². The lowest BCUT2D eigenvalue weighted by molar-refractivity contribution is 0.405. The summed E-state index contributed by atoms with van der Waals surface area (Å²) in [5.41, 5.74) is 2.17. The minimum Gasteiger partial charge on any atom is -0.496 e. The van der Waals surface area contributed by atoms with Gasteiger partial charge in [0.2, 0.25) is 0 Å². The molecular formula is C25H18FN3OS. The van der Waals surface area contributed by atoms with E-state index in [2.05, 4.69) is 11.4 Å². The van der Waals surface area contributed by atoms with Crippen molar-refractivity contribution < 1.29 is 9.13 Å². The van der Waals surface area contributed by atoms with Gasteiger partial charge in [0.05, 0.1) is 23.0 Å². The van der Waals surface area contributed by atoms with Crippen LogP contribution >= 0.6 is 11.8 Å². The Morgan fingerprint density at radius 2 is 1.52 bits per heavy atom. The molecule has 4 aromatic carbocycles. The normalized spacial score (nSPS) is 11.0. The van der Waals surface area contributed by atoms with E-state index < -0.39 is 0 Å². The molecule has 0 saturated heterocycles. The van der Waals surface area contributed by atoms with Gasteiger partial charge in [-0.15, -0.1) is 0 Å². The first kappa shape index (κ1) is 19.3. The van der Waals surface area contributed by atoms with Crippen LogP contribution in [0.3, 0.4) is 0 Å². The van der Waals surface area contributed by atoms with Gasteiger partial charge in [0.15, 0.2) is 5.82 Å². The molecule has 1 aromatic heterocycles. The number of nitrogens with one attached hydrogen (secondary N) is 1. The molecule has 0 amide bonds. The molecule has 6 heteroatoms. The van der Waals surface area contributed by atoms with Crippen LogP contribution < -0.4 is 10.1 Å². The van der Waals surface area contributed by atoms with Crippen molar-refractivity contribution in [1.82, 2.24) is 9.97 Å². The predicted octanol–water partition coefficient (Wildman–Crippen LogP) is 6.83. The van der Waals surface area contributed by atoms with Gasteiger partial charge in [-0.3, -0.25) is 0 Å². The summed E-state index contributed by atoms with van der Waals surface area (Å²) in [5, 5.41) is 6.10. The predicted molar refractivity (Wildman–Crippen MR) is 124 cm³/mol. The van der Waals surface area contributed by atoms with E-state index in [1.807, 2.05) is 54.6 Å². The lowest BCUT2D eigenvalue weighted by Gasteiger charge is -2.13. The molecule has 0 bridgehead atoms. The molecule has 5 rings (SSSR count). The van der Waals surface area contributed by atoms with E-state index in [0.29, 0.717) is 16.5 Å². The molecule has 1 heterocycles. The highest BCUT2D eigenvalue weighted by atomic mass is 32.2. The van der Waals surface area contributed by atoms with Crippen LogP contribution in [0.2, 0.25) is 0 Å². The molecule has 0 spiro atoms. The van der Waals surface area contributed by atoms with E-state index in [4.69, 9.17) is 14.7 Å². The van der Waals surface area contributed by atoms with Crippen LogP contribution in [-0.2, 0) is 0 Å². The number of rotatable bonds is 5. The fourth-order valence-corrected chi connectivity index (χ4v) is 4.33. The second-order valence-corrected chi connectivity index (χ2v) is 7.98. The van der Waals surface area contributed by atoms with E-state index in [9.17, 15) is 4.39 Å². The van der Waals surface area contributed by atoms with Crippen LogP contribution in [0.1, 0.15) is 0 Å². The Morgan fingerprint density at radius 3 is 2.26 bits per heavy atom. The summed E-state index contributed by atoms with van der Waals surface area (Å²) in [5.74, 6) is 0.998. The van der Waals surface area contributed by atoms with Crippen LogP contribution in [0.5, 0.6) is 5.75 Å². The van der Waals surface area contributed by atoms with Crippen molar-refractivity contribution in [1.29, 1.82) is 0 Å². The van der Waals surface area contributed by atoms with Gasteiger partial charge in [-0.2, -0.15) is 0 Å². The van der Waals surface area contributed by atoms with E-state index >= 15 is 0 Å². The molecule has 0 radical (unpaired) electrons. The third-order valence-electron chi connectivity index (χ3n) is 4.86. The molecule has 0 aliphatic rings. The summed E-state index contributed by atoms with van der Waals surface area (Å²) in [6, 6.07) is 26.2. The van der Waals surface area contributed by atoms with Crippen molar-refractivity contribution >= 4 is 45.1 Å². The summed E-state index contributed by atoms with van der Waals surface area (Å²) >= 11 is 1.45. The second kappa shape index (κ2) is 8.24. The van der Waals surface area contributed by atoms with Crippen molar-refractivity contribution in [3.63, 3.8) is 0 Å². The third-order valence-corrected chi connectivity index (χ3v) is 5.90. The summed E-state index contributed by atoms with van der Waals surface area (Å²) < 4.78 is 19.2. The molecule has 0 aliphatic heterocycles. The highest BCUT2D eigenvalue weighted by Gasteiger charge is 2.14. The lowest BCUT2D eigenvalue weighted by atomic mass is 10.1. The smallest absolute Gasteiger partial charge is 0.164 e. The van der Waals surface area contributed by atoms with Crippen LogP contribution in [-0.4, -0.2) is 17.1 Å². The highest BCUT2D eigenvalue weighted by molar-refractivity contribution is 7.99. The molecule has 31 heavy (non-hydrogen) atoms. The van der Waals surface area contributed by atoms with E-state index in [1.54, 1.807) is 19.2 Å². The van der Waals surface area contributed by atoms with Crippen LogP contribution in [0.4, 0.5) is 15.9 Å². The quantitative estimate of drug-likeness (QED) is 0.312. The minimum absolute atomic E-state index is 0.316. The molecule has 0 aliphatic carbocycles. The zero-order chi connectivity index (χ0) is 21.2. The molecule has 0 fully saturated rings. The van der Waals surface area contributed by atoms with Gasteiger partial charge in [-0.05, 0) is 53.2 Å². The monoisotopic (exact) mass is 427 g/mol. The number of benzene rings is 4. The van der Waals surface area contributed by atoms with Gasteiger partial charge >= 0.3 is 0 Å². The number of halogens is 1. The van der Waals surface area contributed by atoms with E-state index in [-0.39, 0.29) is 5.82 Å². The summed E-state index contributed by atoms with van der Waals surface area (Å²) in [7, 11) is 1.64. The average Bonchev–Trinajstić information content (AvgIpc) is 2.78. The molecule has 4 nitrogen and oxygen atoms in total. The first-order chi connectivity index (χ1) is 15.2. The Labute approximate surface area is 183 Å². The molecular weight excluding hydrogens is 409 g/mol. The van der Waals surface area contributed by atoms with Gasteiger partial charge in [0, 0.05) is 5.69 Å². The van der Waals surface area contributed by atoms with Crippen LogP contribution in [0.25, 0.3) is 21.8 Å². The zero-order valence-electron chi connectivity index (χ0n) is 16.7. The highest BCUT2D eigenvalue weighted by Crippen LogP contribution is 2.38. The Bertz CT molecular complexity index is 1410. The number of anilines is 2. The molecule has 152 valence electrons. The van der Waals surface area contributed by atoms with Gasteiger partial charge in [0.1, 0.15) is 16.6 Å². The standard InChI is InChI=1S/C25H18FN3OS/c1-30-22-11-4-5-12-23(22)31-25-24(27-19-10-6-9-18(26)15-19)28-20-13-16-7-2-3-8-17(16)14-21(20)29-25/h2-15H,1H3,(H,27,28). The lowest BCUT2D eigenvalue weighted by Crippen LogP contribution is -2.00. The second-order valence-electron chi connectivity index (χ2n) is 6.95. The van der Waals surface area contributed by atoms with Crippen LogP contribution in [0.15, 0.2) is 94.9 Å². The number of ether oxygens (including phenoxy) is 1. The van der Waals surface area contributed by atoms with E-state index in [0.717, 1.165) is 32.5 Å². The first-order valence-electron chi connectivity index (χ1n) is 9.73. The first-order valence-corrected chi connectivity index (χ1v) is 10.6. The van der Waals surface area contributed by atoms with Crippen molar-refractivity contribution in [2.75, 3.05) is 12.4 Å². The number of para-hydroxylation sites is 1.